The summed E-state index contributed by atoms with van der Waals surface area (Å²) in [6, 6.07) is 5.18. The maximum Gasteiger partial charge on any atom is 0.166 e. The van der Waals surface area contributed by atoms with Crippen LogP contribution in [0.15, 0.2) is 18.2 Å². The number of halogens is 1. The highest BCUT2D eigenvalue weighted by Gasteiger charge is 2.12. The van der Waals surface area contributed by atoms with E-state index in [-0.39, 0.29) is 5.78 Å². The van der Waals surface area contributed by atoms with Crippen molar-refractivity contribution in [1.29, 1.82) is 0 Å². The van der Waals surface area contributed by atoms with Crippen LogP contribution in [0, 0.1) is 0 Å². The summed E-state index contributed by atoms with van der Waals surface area (Å²) in [5, 5.41) is 0.573. The number of ketones is 1. The second-order valence-corrected chi connectivity index (χ2v) is 4.04. The summed E-state index contributed by atoms with van der Waals surface area (Å²) in [6.07, 6.45) is 2.46. The lowest BCUT2D eigenvalue weighted by Crippen LogP contribution is -2.03. The van der Waals surface area contributed by atoms with Crippen molar-refractivity contribution in [1.82, 2.24) is 0 Å². The zero-order valence-corrected chi connectivity index (χ0v) is 10.5. The highest BCUT2D eigenvalue weighted by molar-refractivity contribution is 6.31. The van der Waals surface area contributed by atoms with E-state index in [1.54, 1.807) is 18.2 Å². The maximum atomic E-state index is 11.9. The summed E-state index contributed by atoms with van der Waals surface area (Å²) < 4.78 is 5.41. The maximum absolute atomic E-state index is 11.9. The number of benzene rings is 1. The van der Waals surface area contributed by atoms with E-state index >= 15 is 0 Å². The Labute approximate surface area is 102 Å². The minimum atomic E-state index is 0.104. The number of Topliss-reactive ketones (excluding diaryl/α,β-unsaturated/α-hetero) is 1. The summed E-state index contributed by atoms with van der Waals surface area (Å²) in [6.45, 7) is 4.51. The van der Waals surface area contributed by atoms with Crippen LogP contribution in [0.4, 0.5) is 0 Å². The largest absolute Gasteiger partial charge is 0.493 e. The number of hydrogen-bond acceptors (Lipinski definition) is 2. The van der Waals surface area contributed by atoms with Crippen LogP contribution >= 0.6 is 11.6 Å². The fraction of sp³-hybridized carbons (Fsp3) is 0.462. The van der Waals surface area contributed by atoms with Crippen LogP contribution in [0.1, 0.15) is 43.5 Å². The first-order valence-corrected chi connectivity index (χ1v) is 6.02. The van der Waals surface area contributed by atoms with E-state index in [2.05, 4.69) is 6.92 Å². The van der Waals surface area contributed by atoms with Crippen LogP contribution in [-0.2, 0) is 0 Å². The lowest BCUT2D eigenvalue weighted by Gasteiger charge is -2.09. The van der Waals surface area contributed by atoms with E-state index in [0.717, 1.165) is 12.8 Å². The third-order valence-corrected chi connectivity index (χ3v) is 2.53. The van der Waals surface area contributed by atoms with E-state index in [1.165, 1.54) is 0 Å². The average molecular weight is 241 g/mol. The SMILES string of the molecule is CCCCC(=O)c1cc(Cl)ccc1OCC. The van der Waals surface area contributed by atoms with Crippen molar-refractivity contribution in [3.63, 3.8) is 0 Å². The Morgan fingerprint density at radius 3 is 2.75 bits per heavy atom. The second-order valence-electron chi connectivity index (χ2n) is 3.60. The fourth-order valence-electron chi connectivity index (χ4n) is 1.47. The highest BCUT2D eigenvalue weighted by Crippen LogP contribution is 2.24. The molecule has 3 heteroatoms. The van der Waals surface area contributed by atoms with Gasteiger partial charge in [-0.2, -0.15) is 0 Å². The van der Waals surface area contributed by atoms with Gasteiger partial charge in [-0.1, -0.05) is 24.9 Å². The first-order valence-electron chi connectivity index (χ1n) is 5.64. The van der Waals surface area contributed by atoms with Gasteiger partial charge >= 0.3 is 0 Å². The van der Waals surface area contributed by atoms with Crippen molar-refractivity contribution in [3.8, 4) is 5.75 Å². The zero-order chi connectivity index (χ0) is 12.0. The Balaban J connectivity index is 2.90. The Hall–Kier alpha value is -1.02. The molecule has 0 atom stereocenters. The first kappa shape index (κ1) is 13.0. The average Bonchev–Trinajstić information content (AvgIpc) is 2.28. The van der Waals surface area contributed by atoms with Crippen LogP contribution in [0.2, 0.25) is 5.02 Å². The van der Waals surface area contributed by atoms with E-state index < -0.39 is 0 Å². The molecule has 0 aliphatic heterocycles. The molecule has 0 amide bonds. The van der Waals surface area contributed by atoms with Crippen molar-refractivity contribution in [2.75, 3.05) is 6.61 Å². The summed E-state index contributed by atoms with van der Waals surface area (Å²) in [4.78, 5) is 11.9. The fourth-order valence-corrected chi connectivity index (χ4v) is 1.65. The van der Waals surface area contributed by atoms with Gasteiger partial charge < -0.3 is 4.74 Å². The molecular formula is C13H17ClO2. The van der Waals surface area contributed by atoms with Gasteiger partial charge in [0.25, 0.3) is 0 Å². The van der Waals surface area contributed by atoms with Gasteiger partial charge in [-0.15, -0.1) is 0 Å². The molecule has 0 N–H and O–H groups in total. The molecular weight excluding hydrogens is 224 g/mol. The molecule has 0 heterocycles. The number of carbonyl (C=O) groups excluding carboxylic acids is 1. The van der Waals surface area contributed by atoms with Crippen molar-refractivity contribution in [3.05, 3.63) is 28.8 Å². The molecule has 0 bridgehead atoms. The van der Waals surface area contributed by atoms with Gasteiger partial charge in [0.05, 0.1) is 12.2 Å². The van der Waals surface area contributed by atoms with Crippen LogP contribution in [-0.4, -0.2) is 12.4 Å². The third kappa shape index (κ3) is 3.53. The minimum absolute atomic E-state index is 0.104. The predicted octanol–water partition coefficient (Wildman–Crippen LogP) is 4.11. The monoisotopic (exact) mass is 240 g/mol. The van der Waals surface area contributed by atoms with Crippen molar-refractivity contribution >= 4 is 17.4 Å². The summed E-state index contributed by atoms with van der Waals surface area (Å²) >= 11 is 5.89. The molecule has 0 fully saturated rings. The minimum Gasteiger partial charge on any atom is -0.493 e. The number of carbonyl (C=O) groups is 1. The molecule has 2 nitrogen and oxygen atoms in total. The molecule has 1 rings (SSSR count). The molecule has 0 unspecified atom stereocenters. The normalized spacial score (nSPS) is 10.2. The van der Waals surface area contributed by atoms with Gasteiger partial charge in [0.2, 0.25) is 0 Å². The molecule has 0 aromatic heterocycles. The lowest BCUT2D eigenvalue weighted by molar-refractivity contribution is 0.0976. The Morgan fingerprint density at radius 1 is 1.38 bits per heavy atom. The summed E-state index contributed by atoms with van der Waals surface area (Å²) in [7, 11) is 0. The van der Waals surface area contributed by atoms with Crippen LogP contribution in [0.3, 0.4) is 0 Å². The van der Waals surface area contributed by atoms with Gasteiger partial charge in [-0.3, -0.25) is 4.79 Å². The Kier molecular flexibility index (Phi) is 5.33. The van der Waals surface area contributed by atoms with Gasteiger partial charge in [0, 0.05) is 11.4 Å². The van der Waals surface area contributed by atoms with Crippen LogP contribution < -0.4 is 4.74 Å². The summed E-state index contributed by atoms with van der Waals surface area (Å²) in [5.41, 5.74) is 0.600. The van der Waals surface area contributed by atoms with Crippen molar-refractivity contribution < 1.29 is 9.53 Å². The highest BCUT2D eigenvalue weighted by atomic mass is 35.5. The number of unbranched alkanes of at least 4 members (excludes halogenated alkanes) is 1. The molecule has 1 aromatic rings. The number of ether oxygens (including phenoxy) is 1. The van der Waals surface area contributed by atoms with E-state index in [4.69, 9.17) is 16.3 Å². The summed E-state index contributed by atoms with van der Waals surface area (Å²) in [5.74, 6) is 0.737. The first-order chi connectivity index (χ1) is 7.69. The third-order valence-electron chi connectivity index (χ3n) is 2.30. The van der Waals surface area contributed by atoms with E-state index in [0.29, 0.717) is 29.4 Å². The number of rotatable bonds is 6. The molecule has 0 saturated heterocycles. The molecule has 0 aliphatic carbocycles. The molecule has 0 aliphatic rings. The van der Waals surface area contributed by atoms with Gasteiger partial charge in [0.1, 0.15) is 5.75 Å². The molecule has 0 saturated carbocycles. The van der Waals surface area contributed by atoms with Crippen LogP contribution in [0.5, 0.6) is 5.75 Å². The predicted molar refractivity (Wildman–Crippen MR) is 66.5 cm³/mol. The van der Waals surface area contributed by atoms with Crippen molar-refractivity contribution in [2.45, 2.75) is 33.1 Å². The zero-order valence-electron chi connectivity index (χ0n) is 9.75. The van der Waals surface area contributed by atoms with Crippen LogP contribution in [0.25, 0.3) is 0 Å². The molecule has 88 valence electrons. The topological polar surface area (TPSA) is 26.3 Å². The molecule has 0 radical (unpaired) electrons. The molecule has 16 heavy (non-hydrogen) atoms. The molecule has 1 aromatic carbocycles. The molecule has 0 spiro atoms. The Bertz CT molecular complexity index is 361. The van der Waals surface area contributed by atoms with E-state index in [9.17, 15) is 4.79 Å². The van der Waals surface area contributed by atoms with E-state index in [1.807, 2.05) is 6.92 Å². The Morgan fingerprint density at radius 2 is 2.12 bits per heavy atom. The number of hydrogen-bond donors (Lipinski definition) is 0. The lowest BCUT2D eigenvalue weighted by atomic mass is 10.0. The van der Waals surface area contributed by atoms with Gasteiger partial charge in [-0.05, 0) is 31.5 Å². The second kappa shape index (κ2) is 6.54. The standard InChI is InChI=1S/C13H17ClO2/c1-3-5-6-12(15)11-9-10(14)7-8-13(11)16-4-2/h7-9H,3-6H2,1-2H3. The van der Waals surface area contributed by atoms with Gasteiger partial charge in [-0.25, -0.2) is 0 Å². The van der Waals surface area contributed by atoms with Gasteiger partial charge in [0.15, 0.2) is 5.78 Å². The smallest absolute Gasteiger partial charge is 0.166 e. The quantitative estimate of drug-likeness (QED) is 0.700. The van der Waals surface area contributed by atoms with Crippen molar-refractivity contribution in [2.24, 2.45) is 0 Å².